The minimum absolute atomic E-state index is 0.0863. The number of para-hydroxylation sites is 1. The molecule has 1 N–H and O–H groups in total. The van der Waals surface area contributed by atoms with E-state index in [4.69, 9.17) is 21.0 Å². The van der Waals surface area contributed by atoms with Crippen LogP contribution in [0.3, 0.4) is 0 Å². The number of nitrogens with zero attached hydrogens (tertiary/aromatic N) is 2. The van der Waals surface area contributed by atoms with Gasteiger partial charge in [0.25, 0.3) is 5.56 Å². The largest absolute Gasteiger partial charge is 0.461 e. The summed E-state index contributed by atoms with van der Waals surface area (Å²) >= 11 is 8.49. The molecule has 5 aromatic rings. The van der Waals surface area contributed by atoms with Gasteiger partial charge in [-0.05, 0) is 55.5 Å². The van der Waals surface area contributed by atoms with E-state index in [1.807, 2.05) is 54.8 Å². The van der Waals surface area contributed by atoms with Crippen molar-refractivity contribution in [1.82, 2.24) is 9.55 Å². The molecule has 6 nitrogen and oxygen atoms in total. The van der Waals surface area contributed by atoms with Crippen LogP contribution in [-0.4, -0.2) is 21.2 Å². The molecule has 0 bridgehead atoms. The third kappa shape index (κ3) is 4.52. The summed E-state index contributed by atoms with van der Waals surface area (Å²) in [6.45, 7) is 1.86. The Morgan fingerprint density at radius 1 is 1.12 bits per heavy atom. The maximum atomic E-state index is 13.7. The van der Waals surface area contributed by atoms with Crippen LogP contribution in [0.15, 0.2) is 86.5 Å². The van der Waals surface area contributed by atoms with Gasteiger partial charge in [-0.2, -0.15) is 0 Å². The number of carbonyl (C=O) groups is 1. The number of aryl methyl sites for hydroxylation is 1. The Balaban J connectivity index is 1.52. The second kappa shape index (κ2) is 9.50. The summed E-state index contributed by atoms with van der Waals surface area (Å²) in [7, 11) is 0. The monoisotopic (exact) mass is 507 g/mol. The fourth-order valence-corrected chi connectivity index (χ4v) is 5.40. The zero-order valence-electron chi connectivity index (χ0n) is 17.9. The number of thiophene rings is 1. The van der Waals surface area contributed by atoms with Gasteiger partial charge in [0.15, 0.2) is 5.16 Å². The van der Waals surface area contributed by atoms with Crippen LogP contribution < -0.4 is 10.9 Å². The molecule has 1 amide bonds. The van der Waals surface area contributed by atoms with E-state index in [1.54, 1.807) is 28.8 Å². The van der Waals surface area contributed by atoms with Gasteiger partial charge in [-0.1, -0.05) is 41.6 Å². The molecule has 5 rings (SSSR count). The number of aromatic nitrogens is 2. The summed E-state index contributed by atoms with van der Waals surface area (Å²) in [5.74, 6) is 1.28. The lowest BCUT2D eigenvalue weighted by molar-refractivity contribution is -0.113. The van der Waals surface area contributed by atoms with Crippen LogP contribution in [-0.2, 0) is 4.79 Å². The number of hydrogen-bond donors (Lipinski definition) is 1. The van der Waals surface area contributed by atoms with Crippen LogP contribution in [0.2, 0.25) is 5.02 Å². The number of furan rings is 1. The molecule has 0 radical (unpaired) electrons. The molecule has 0 saturated carbocycles. The molecule has 0 aliphatic carbocycles. The molecule has 0 atom stereocenters. The van der Waals surface area contributed by atoms with Crippen LogP contribution in [0, 0.1) is 6.92 Å². The highest BCUT2D eigenvalue weighted by Gasteiger charge is 2.20. The van der Waals surface area contributed by atoms with E-state index in [0.717, 1.165) is 5.76 Å². The van der Waals surface area contributed by atoms with Crippen LogP contribution >= 0.6 is 34.7 Å². The highest BCUT2D eigenvalue weighted by molar-refractivity contribution is 7.99. The van der Waals surface area contributed by atoms with Gasteiger partial charge in [0.2, 0.25) is 5.91 Å². The number of anilines is 1. The van der Waals surface area contributed by atoms with Gasteiger partial charge >= 0.3 is 0 Å². The van der Waals surface area contributed by atoms with E-state index in [0.29, 0.717) is 43.1 Å². The molecular formula is C25H18ClN3O3S2. The lowest BCUT2D eigenvalue weighted by Crippen LogP contribution is -2.22. The Hall–Kier alpha value is -3.33. The summed E-state index contributed by atoms with van der Waals surface area (Å²) in [6.07, 6.45) is 0. The van der Waals surface area contributed by atoms with E-state index in [2.05, 4.69) is 5.32 Å². The first-order valence-corrected chi connectivity index (χ1v) is 12.6. The van der Waals surface area contributed by atoms with E-state index in [1.165, 1.54) is 23.1 Å². The smallest absolute Gasteiger partial charge is 0.268 e. The van der Waals surface area contributed by atoms with Crippen molar-refractivity contribution in [3.05, 3.63) is 93.2 Å². The van der Waals surface area contributed by atoms with E-state index >= 15 is 0 Å². The topological polar surface area (TPSA) is 77.1 Å². The van der Waals surface area contributed by atoms with Gasteiger partial charge in [-0.25, -0.2) is 4.98 Å². The Labute approximate surface area is 208 Å². The summed E-state index contributed by atoms with van der Waals surface area (Å²) in [5, 5.41) is 6.25. The van der Waals surface area contributed by atoms with Gasteiger partial charge in [-0.3, -0.25) is 14.2 Å². The van der Waals surface area contributed by atoms with Gasteiger partial charge < -0.3 is 9.73 Å². The fourth-order valence-electron chi connectivity index (χ4n) is 3.49. The zero-order valence-corrected chi connectivity index (χ0v) is 20.3. The lowest BCUT2D eigenvalue weighted by atomic mass is 10.2. The second-order valence-corrected chi connectivity index (χ2v) is 9.69. The Kier molecular flexibility index (Phi) is 6.28. The summed E-state index contributed by atoms with van der Waals surface area (Å²) in [5.41, 5.74) is 1.83. The fraction of sp³-hybridized carbons (Fsp3) is 0.0800. The zero-order chi connectivity index (χ0) is 23.7. The molecule has 2 aromatic carbocycles. The minimum atomic E-state index is -0.209. The predicted octanol–water partition coefficient (Wildman–Crippen LogP) is 6.40. The number of carbonyl (C=O) groups excluding carboxylic acids is 1. The Bertz CT molecular complexity index is 1540. The first-order valence-electron chi connectivity index (χ1n) is 10.3. The van der Waals surface area contributed by atoms with Crippen molar-refractivity contribution in [3.8, 4) is 17.0 Å². The van der Waals surface area contributed by atoms with Crippen LogP contribution in [0.1, 0.15) is 5.76 Å². The van der Waals surface area contributed by atoms with Crippen LogP contribution in [0.5, 0.6) is 0 Å². The second-order valence-electron chi connectivity index (χ2n) is 7.45. The number of rotatable bonds is 6. The molecule has 0 unspecified atom stereocenters. The molecule has 0 aliphatic heterocycles. The summed E-state index contributed by atoms with van der Waals surface area (Å²) in [6, 6.07) is 19.9. The minimum Gasteiger partial charge on any atom is -0.461 e. The van der Waals surface area contributed by atoms with Gasteiger partial charge in [-0.15, -0.1) is 11.3 Å². The Morgan fingerprint density at radius 2 is 1.88 bits per heavy atom. The van der Waals surface area contributed by atoms with Crippen molar-refractivity contribution in [2.45, 2.75) is 12.1 Å². The molecule has 3 heterocycles. The molecule has 9 heteroatoms. The normalized spacial score (nSPS) is 11.1. The molecule has 0 saturated heterocycles. The number of fused-ring (bicyclic) bond motifs is 1. The van der Waals surface area contributed by atoms with Crippen molar-refractivity contribution < 1.29 is 9.21 Å². The number of hydrogen-bond acceptors (Lipinski definition) is 6. The van der Waals surface area contributed by atoms with E-state index < -0.39 is 0 Å². The standard InChI is InChI=1S/C25H18ClN3O3S2/c1-15-7-12-20(32-15)19-13-33-23-22(19)24(31)29(18-5-3-2-4-6-18)25(28-23)34-14-21(30)27-17-10-8-16(26)9-11-17/h2-13H,14H2,1H3,(H,27,30). The van der Waals surface area contributed by atoms with Gasteiger partial charge in [0.05, 0.1) is 16.8 Å². The molecular weight excluding hydrogens is 490 g/mol. The van der Waals surface area contributed by atoms with Crippen molar-refractivity contribution >= 4 is 56.5 Å². The maximum absolute atomic E-state index is 13.7. The summed E-state index contributed by atoms with van der Waals surface area (Å²) in [4.78, 5) is 31.7. The highest BCUT2D eigenvalue weighted by Crippen LogP contribution is 2.34. The highest BCUT2D eigenvalue weighted by atomic mass is 35.5. The summed E-state index contributed by atoms with van der Waals surface area (Å²) < 4.78 is 7.32. The first kappa shape index (κ1) is 22.5. The number of amides is 1. The van der Waals surface area contributed by atoms with E-state index in [-0.39, 0.29) is 17.2 Å². The molecule has 0 aliphatic rings. The van der Waals surface area contributed by atoms with Crippen LogP contribution in [0.25, 0.3) is 27.2 Å². The number of thioether (sulfide) groups is 1. The van der Waals surface area contributed by atoms with E-state index in [9.17, 15) is 9.59 Å². The molecule has 34 heavy (non-hydrogen) atoms. The molecule has 170 valence electrons. The first-order chi connectivity index (χ1) is 16.5. The SMILES string of the molecule is Cc1ccc(-c2csc3nc(SCC(=O)Nc4ccc(Cl)cc4)n(-c4ccccc4)c(=O)c23)o1. The van der Waals surface area contributed by atoms with Crippen LogP contribution in [0.4, 0.5) is 5.69 Å². The molecule has 3 aromatic heterocycles. The molecule has 0 fully saturated rings. The number of nitrogens with one attached hydrogen (secondary N) is 1. The number of halogens is 1. The molecule has 0 spiro atoms. The third-order valence-electron chi connectivity index (χ3n) is 5.06. The third-order valence-corrected chi connectivity index (χ3v) is 7.12. The Morgan fingerprint density at radius 3 is 2.59 bits per heavy atom. The lowest BCUT2D eigenvalue weighted by Gasteiger charge is -2.12. The quantitative estimate of drug-likeness (QED) is 0.212. The maximum Gasteiger partial charge on any atom is 0.268 e. The van der Waals surface area contributed by atoms with Gasteiger partial charge in [0, 0.05) is 21.7 Å². The van der Waals surface area contributed by atoms with Crippen molar-refractivity contribution in [3.63, 3.8) is 0 Å². The van der Waals surface area contributed by atoms with Gasteiger partial charge in [0.1, 0.15) is 16.4 Å². The van der Waals surface area contributed by atoms with Crippen molar-refractivity contribution in [2.24, 2.45) is 0 Å². The van der Waals surface area contributed by atoms with Crippen molar-refractivity contribution in [2.75, 3.05) is 11.1 Å². The predicted molar refractivity (Wildman–Crippen MR) is 138 cm³/mol. The van der Waals surface area contributed by atoms with Crippen molar-refractivity contribution in [1.29, 1.82) is 0 Å². The average Bonchev–Trinajstić information content (AvgIpc) is 3.46. The average molecular weight is 508 g/mol. The number of benzene rings is 2.